The number of carboxylic acids is 1. The molecule has 0 unspecified atom stereocenters. The molecule has 0 aliphatic rings. The maximum absolute atomic E-state index is 13.1. The van der Waals surface area contributed by atoms with Crippen molar-refractivity contribution in [3.63, 3.8) is 0 Å². The summed E-state index contributed by atoms with van der Waals surface area (Å²) < 4.78 is 25.8. The third-order valence-electron chi connectivity index (χ3n) is 1.71. The van der Waals surface area contributed by atoms with Gasteiger partial charge in [0.2, 0.25) is 0 Å². The van der Waals surface area contributed by atoms with E-state index in [0.29, 0.717) is 6.07 Å². The lowest BCUT2D eigenvalue weighted by atomic mass is 10.1. The quantitative estimate of drug-likeness (QED) is 0.755. The largest absolute Gasteiger partial charge is 0.481 e. The molecule has 3 nitrogen and oxygen atoms in total. The zero-order chi connectivity index (χ0) is 11.4. The fraction of sp³-hybridized carbons (Fsp3) is 0.100. The molecule has 0 heterocycles. The van der Waals surface area contributed by atoms with Gasteiger partial charge in [0.25, 0.3) is 0 Å². The van der Waals surface area contributed by atoms with E-state index in [-0.39, 0.29) is 17.7 Å². The maximum Gasteiger partial charge on any atom is 0.307 e. The summed E-state index contributed by atoms with van der Waals surface area (Å²) >= 11 is 0. The number of nitrogen functional groups attached to an aromatic ring is 1. The SMILES string of the molecule is Nc1cc(C=CCC(=O)O)c(F)cc1F. The smallest absolute Gasteiger partial charge is 0.307 e. The molecule has 0 radical (unpaired) electrons. The molecule has 0 saturated heterocycles. The van der Waals surface area contributed by atoms with E-state index >= 15 is 0 Å². The normalized spacial score (nSPS) is 10.8. The number of rotatable bonds is 3. The summed E-state index contributed by atoms with van der Waals surface area (Å²) in [6, 6.07) is 1.78. The van der Waals surface area contributed by atoms with E-state index in [4.69, 9.17) is 10.8 Å². The third kappa shape index (κ3) is 3.05. The van der Waals surface area contributed by atoms with Crippen LogP contribution in [0.25, 0.3) is 6.08 Å². The lowest BCUT2D eigenvalue weighted by molar-refractivity contribution is -0.135. The van der Waals surface area contributed by atoms with Crippen LogP contribution in [-0.2, 0) is 4.79 Å². The third-order valence-corrected chi connectivity index (χ3v) is 1.71. The van der Waals surface area contributed by atoms with Crippen molar-refractivity contribution in [2.75, 3.05) is 5.73 Å². The Balaban J connectivity index is 2.90. The molecule has 0 amide bonds. The second-order valence-electron chi connectivity index (χ2n) is 2.90. The average Bonchev–Trinajstić information content (AvgIpc) is 2.13. The topological polar surface area (TPSA) is 63.3 Å². The van der Waals surface area contributed by atoms with E-state index in [2.05, 4.69) is 0 Å². The van der Waals surface area contributed by atoms with Crippen molar-refractivity contribution in [2.45, 2.75) is 6.42 Å². The lowest BCUT2D eigenvalue weighted by Crippen LogP contribution is -1.94. The first kappa shape index (κ1) is 11.2. The van der Waals surface area contributed by atoms with Crippen LogP contribution in [0.2, 0.25) is 0 Å². The molecule has 80 valence electrons. The Kier molecular flexibility index (Phi) is 3.38. The number of aliphatic carboxylic acids is 1. The van der Waals surface area contributed by atoms with Gasteiger partial charge in [0.15, 0.2) is 0 Å². The summed E-state index contributed by atoms with van der Waals surface area (Å²) in [5.41, 5.74) is 5.12. The second-order valence-corrected chi connectivity index (χ2v) is 2.90. The summed E-state index contributed by atoms with van der Waals surface area (Å²) in [5, 5.41) is 8.33. The summed E-state index contributed by atoms with van der Waals surface area (Å²) in [5.74, 6) is -2.63. The van der Waals surface area contributed by atoms with Gasteiger partial charge in [0, 0.05) is 11.6 Å². The second kappa shape index (κ2) is 4.54. The van der Waals surface area contributed by atoms with Gasteiger partial charge in [-0.2, -0.15) is 0 Å². The highest BCUT2D eigenvalue weighted by atomic mass is 19.1. The number of halogens is 2. The number of nitrogens with two attached hydrogens (primary N) is 1. The number of hydrogen-bond acceptors (Lipinski definition) is 2. The van der Waals surface area contributed by atoms with Crippen molar-refractivity contribution in [1.82, 2.24) is 0 Å². The first-order chi connectivity index (χ1) is 7.00. The molecule has 0 bridgehead atoms. The molecule has 1 rings (SSSR count). The highest BCUT2D eigenvalue weighted by Gasteiger charge is 2.05. The highest BCUT2D eigenvalue weighted by Crippen LogP contribution is 2.17. The van der Waals surface area contributed by atoms with Gasteiger partial charge in [-0.05, 0) is 6.07 Å². The molecule has 15 heavy (non-hydrogen) atoms. The summed E-state index contributed by atoms with van der Waals surface area (Å²) in [4.78, 5) is 10.2. The number of benzene rings is 1. The predicted octanol–water partition coefficient (Wildman–Crippen LogP) is 2.03. The number of anilines is 1. The van der Waals surface area contributed by atoms with Crippen LogP contribution in [0.15, 0.2) is 18.2 Å². The molecule has 0 atom stereocenters. The Hall–Kier alpha value is -1.91. The van der Waals surface area contributed by atoms with E-state index in [1.165, 1.54) is 12.2 Å². The first-order valence-corrected chi connectivity index (χ1v) is 4.13. The molecule has 0 fully saturated rings. The molecule has 0 aliphatic heterocycles. The van der Waals surface area contributed by atoms with E-state index in [1.807, 2.05) is 0 Å². The maximum atomic E-state index is 13.1. The molecule has 5 heteroatoms. The fourth-order valence-corrected chi connectivity index (χ4v) is 0.998. The zero-order valence-corrected chi connectivity index (χ0v) is 7.71. The zero-order valence-electron chi connectivity index (χ0n) is 7.71. The summed E-state index contributed by atoms with van der Waals surface area (Å²) in [7, 11) is 0. The van der Waals surface area contributed by atoms with Gasteiger partial charge in [-0.25, -0.2) is 8.78 Å². The minimum absolute atomic E-state index is 0.0650. The van der Waals surface area contributed by atoms with Crippen molar-refractivity contribution < 1.29 is 18.7 Å². The first-order valence-electron chi connectivity index (χ1n) is 4.13. The minimum atomic E-state index is -1.03. The molecule has 0 spiro atoms. The molecular weight excluding hydrogens is 204 g/mol. The van der Waals surface area contributed by atoms with Crippen molar-refractivity contribution in [3.05, 3.63) is 35.4 Å². The number of hydrogen-bond donors (Lipinski definition) is 2. The molecule has 1 aromatic carbocycles. The summed E-state index contributed by atoms with van der Waals surface area (Å²) in [6.07, 6.45) is 2.29. The Morgan fingerprint density at radius 2 is 2.07 bits per heavy atom. The van der Waals surface area contributed by atoms with Crippen LogP contribution >= 0.6 is 0 Å². The monoisotopic (exact) mass is 213 g/mol. The average molecular weight is 213 g/mol. The van der Waals surface area contributed by atoms with Crippen LogP contribution in [0.5, 0.6) is 0 Å². The van der Waals surface area contributed by atoms with E-state index in [9.17, 15) is 13.6 Å². The van der Waals surface area contributed by atoms with E-state index in [1.54, 1.807) is 0 Å². The molecule has 0 aromatic heterocycles. The van der Waals surface area contributed by atoms with Crippen molar-refractivity contribution in [1.29, 1.82) is 0 Å². The van der Waals surface area contributed by atoms with Gasteiger partial charge in [-0.15, -0.1) is 0 Å². The standard InChI is InChI=1S/C10H9F2NO2/c11-7-5-8(12)9(13)4-6(7)2-1-3-10(14)15/h1-2,4-5H,3,13H2,(H,14,15). The Labute approximate surface area is 84.8 Å². The van der Waals surface area contributed by atoms with Crippen LogP contribution in [0, 0.1) is 11.6 Å². The van der Waals surface area contributed by atoms with Crippen molar-refractivity contribution in [3.8, 4) is 0 Å². The van der Waals surface area contributed by atoms with Gasteiger partial charge in [0.1, 0.15) is 11.6 Å². The predicted molar refractivity (Wildman–Crippen MR) is 52.1 cm³/mol. The van der Waals surface area contributed by atoms with Crippen LogP contribution in [-0.4, -0.2) is 11.1 Å². The van der Waals surface area contributed by atoms with E-state index < -0.39 is 17.6 Å². The van der Waals surface area contributed by atoms with Crippen LogP contribution in [0.4, 0.5) is 14.5 Å². The van der Waals surface area contributed by atoms with Gasteiger partial charge in [0.05, 0.1) is 12.1 Å². The Bertz CT molecular complexity index is 416. The molecule has 1 aromatic rings. The summed E-state index contributed by atoms with van der Waals surface area (Å²) in [6.45, 7) is 0. The van der Waals surface area contributed by atoms with Crippen molar-refractivity contribution in [2.24, 2.45) is 0 Å². The van der Waals surface area contributed by atoms with Crippen LogP contribution in [0.3, 0.4) is 0 Å². The van der Waals surface area contributed by atoms with Gasteiger partial charge >= 0.3 is 5.97 Å². The Morgan fingerprint density at radius 3 is 2.67 bits per heavy atom. The minimum Gasteiger partial charge on any atom is -0.481 e. The molecule has 0 saturated carbocycles. The van der Waals surface area contributed by atoms with Gasteiger partial charge < -0.3 is 10.8 Å². The lowest BCUT2D eigenvalue weighted by Gasteiger charge is -2.00. The number of carboxylic acid groups (broad SMARTS) is 1. The molecule has 3 N–H and O–H groups in total. The van der Waals surface area contributed by atoms with Crippen LogP contribution in [0.1, 0.15) is 12.0 Å². The Morgan fingerprint density at radius 1 is 1.40 bits per heavy atom. The van der Waals surface area contributed by atoms with Crippen LogP contribution < -0.4 is 5.73 Å². The highest BCUT2D eigenvalue weighted by molar-refractivity contribution is 5.70. The van der Waals surface area contributed by atoms with Gasteiger partial charge in [-0.3, -0.25) is 4.79 Å². The van der Waals surface area contributed by atoms with Crippen molar-refractivity contribution >= 4 is 17.7 Å². The molecular formula is C10H9F2NO2. The number of carbonyl (C=O) groups is 1. The molecule has 0 aliphatic carbocycles. The fourth-order valence-electron chi connectivity index (χ4n) is 0.998. The van der Waals surface area contributed by atoms with Gasteiger partial charge in [-0.1, -0.05) is 12.2 Å². The van der Waals surface area contributed by atoms with E-state index in [0.717, 1.165) is 6.07 Å².